The molecule has 0 saturated heterocycles. The Bertz CT molecular complexity index is 745. The van der Waals surface area contributed by atoms with Gasteiger partial charge in [-0.25, -0.2) is 0 Å². The maximum absolute atomic E-state index is 12.5. The zero-order valence-electron chi connectivity index (χ0n) is 12.0. The third-order valence-corrected chi connectivity index (χ3v) is 3.45. The molecular formula is C14H11F2N3O4S. The van der Waals surface area contributed by atoms with Gasteiger partial charge in [0.25, 0.3) is 11.7 Å². The number of rotatable bonds is 7. The van der Waals surface area contributed by atoms with E-state index in [4.69, 9.17) is 4.74 Å². The summed E-state index contributed by atoms with van der Waals surface area (Å²) in [7, 11) is 0. The second-order valence-electron chi connectivity index (χ2n) is 4.29. The summed E-state index contributed by atoms with van der Waals surface area (Å²) in [5.74, 6) is -3.94. The number of hydrogen-bond donors (Lipinski definition) is 1. The average Bonchev–Trinajstić information content (AvgIpc) is 2.54. The van der Waals surface area contributed by atoms with Crippen LogP contribution in [0.25, 0.3) is 0 Å². The maximum Gasteiger partial charge on any atom is 0.406 e. The zero-order chi connectivity index (χ0) is 17.5. The molecule has 24 heavy (non-hydrogen) atoms. The lowest BCUT2D eigenvalue weighted by Crippen LogP contribution is -2.21. The van der Waals surface area contributed by atoms with E-state index in [0.29, 0.717) is 11.8 Å². The molecule has 0 fully saturated rings. The number of alkyl halides is 2. The van der Waals surface area contributed by atoms with Crippen LogP contribution >= 0.6 is 11.8 Å². The highest BCUT2D eigenvalue weighted by Gasteiger charge is 2.17. The van der Waals surface area contributed by atoms with Crippen LogP contribution in [0.1, 0.15) is 0 Å². The van der Waals surface area contributed by atoms with Crippen molar-refractivity contribution < 1.29 is 23.2 Å². The first-order chi connectivity index (χ1) is 11.5. The number of halogens is 2. The quantitative estimate of drug-likeness (QED) is 0.465. The van der Waals surface area contributed by atoms with Crippen molar-refractivity contribution in [1.82, 2.24) is 4.98 Å². The van der Waals surface area contributed by atoms with Crippen LogP contribution in [-0.2, 0) is 4.79 Å². The summed E-state index contributed by atoms with van der Waals surface area (Å²) < 4.78 is 30.0. The Labute approximate surface area is 139 Å². The molecule has 1 aromatic heterocycles. The fourth-order valence-corrected chi connectivity index (χ4v) is 2.33. The molecule has 1 aromatic carbocycles. The van der Waals surface area contributed by atoms with Gasteiger partial charge in [-0.1, -0.05) is 23.9 Å². The Morgan fingerprint density at radius 2 is 2.08 bits per heavy atom. The molecule has 1 amide bonds. The lowest BCUT2D eigenvalue weighted by Gasteiger charge is -2.11. The topological polar surface area (TPSA) is 94.4 Å². The van der Waals surface area contributed by atoms with Gasteiger partial charge in [-0.05, 0) is 34.2 Å². The summed E-state index contributed by atoms with van der Waals surface area (Å²) in [5, 5.41) is 13.2. The third-order valence-electron chi connectivity index (χ3n) is 2.66. The molecule has 7 nitrogen and oxygen atoms in total. The SMILES string of the molecule is O=C(COc1cccnc1[N+](=O)[O-])Nc1ccccc1SC(F)F. The van der Waals surface area contributed by atoms with Crippen LogP contribution in [0.3, 0.4) is 0 Å². The van der Waals surface area contributed by atoms with Crippen molar-refractivity contribution in [2.45, 2.75) is 10.7 Å². The van der Waals surface area contributed by atoms with E-state index >= 15 is 0 Å². The van der Waals surface area contributed by atoms with Crippen LogP contribution in [0.15, 0.2) is 47.5 Å². The number of aromatic nitrogens is 1. The minimum atomic E-state index is -2.63. The van der Waals surface area contributed by atoms with Crippen LogP contribution in [0, 0.1) is 10.1 Å². The molecule has 0 aliphatic carbocycles. The molecule has 2 aromatic rings. The minimum Gasteiger partial charge on any atom is -0.476 e. The van der Waals surface area contributed by atoms with Crippen LogP contribution in [0.4, 0.5) is 20.3 Å². The van der Waals surface area contributed by atoms with Crippen molar-refractivity contribution in [1.29, 1.82) is 0 Å². The Morgan fingerprint density at radius 3 is 2.79 bits per heavy atom. The minimum absolute atomic E-state index is 0.159. The van der Waals surface area contributed by atoms with E-state index in [1.54, 1.807) is 12.1 Å². The second-order valence-corrected chi connectivity index (χ2v) is 5.33. The Kier molecular flexibility index (Phi) is 6.01. The Hall–Kier alpha value is -2.75. The number of carbonyl (C=O) groups is 1. The van der Waals surface area contributed by atoms with Gasteiger partial charge in [-0.15, -0.1) is 0 Å². The molecule has 1 heterocycles. The van der Waals surface area contributed by atoms with E-state index in [1.807, 2.05) is 0 Å². The van der Waals surface area contributed by atoms with Crippen molar-refractivity contribution in [2.24, 2.45) is 0 Å². The molecule has 0 aliphatic heterocycles. The summed E-state index contributed by atoms with van der Waals surface area (Å²) in [6.07, 6.45) is 1.23. The summed E-state index contributed by atoms with van der Waals surface area (Å²) >= 11 is 0.300. The predicted molar refractivity (Wildman–Crippen MR) is 83.3 cm³/mol. The number of benzene rings is 1. The Balaban J connectivity index is 2.01. The predicted octanol–water partition coefficient (Wildman–Crippen LogP) is 3.32. The summed E-state index contributed by atoms with van der Waals surface area (Å²) in [5.41, 5.74) is 0.206. The van der Waals surface area contributed by atoms with E-state index in [1.165, 1.54) is 30.5 Å². The summed E-state index contributed by atoms with van der Waals surface area (Å²) in [6.45, 7) is -0.528. The first-order valence-electron chi connectivity index (χ1n) is 6.53. The lowest BCUT2D eigenvalue weighted by molar-refractivity contribution is -0.390. The standard InChI is InChI=1S/C14H11F2N3O4S/c15-14(16)24-11-6-2-1-4-9(11)18-12(20)8-23-10-5-3-7-17-13(10)19(21)22/h1-7,14H,8H2,(H,18,20). The number of anilines is 1. The molecule has 0 saturated carbocycles. The highest BCUT2D eigenvalue weighted by atomic mass is 32.2. The number of nitro groups is 1. The second kappa shape index (κ2) is 8.20. The highest BCUT2D eigenvalue weighted by Crippen LogP contribution is 2.31. The average molecular weight is 355 g/mol. The molecule has 1 N–H and O–H groups in total. The molecule has 0 radical (unpaired) electrons. The van der Waals surface area contributed by atoms with Gasteiger partial charge in [-0.3, -0.25) is 4.79 Å². The van der Waals surface area contributed by atoms with Gasteiger partial charge >= 0.3 is 5.82 Å². The summed E-state index contributed by atoms with van der Waals surface area (Å²) in [4.78, 5) is 25.7. The van der Waals surface area contributed by atoms with Crippen molar-refractivity contribution >= 4 is 29.2 Å². The van der Waals surface area contributed by atoms with Crippen molar-refractivity contribution in [2.75, 3.05) is 11.9 Å². The van der Waals surface area contributed by atoms with Gasteiger partial charge in [0.1, 0.15) is 6.20 Å². The molecule has 0 bridgehead atoms. The normalized spacial score (nSPS) is 10.5. The van der Waals surface area contributed by atoms with Gasteiger partial charge in [0, 0.05) is 4.90 Å². The highest BCUT2D eigenvalue weighted by molar-refractivity contribution is 7.99. The van der Waals surface area contributed by atoms with Gasteiger partial charge in [0.05, 0.1) is 5.69 Å². The zero-order valence-corrected chi connectivity index (χ0v) is 12.8. The van der Waals surface area contributed by atoms with Crippen molar-refractivity contribution in [3.63, 3.8) is 0 Å². The van der Waals surface area contributed by atoms with Gasteiger partial charge in [-0.2, -0.15) is 8.78 Å². The number of nitrogens with zero attached hydrogens (tertiary/aromatic N) is 2. The van der Waals surface area contributed by atoms with Gasteiger partial charge < -0.3 is 20.2 Å². The van der Waals surface area contributed by atoms with Gasteiger partial charge in [0.2, 0.25) is 5.75 Å². The molecule has 10 heteroatoms. The van der Waals surface area contributed by atoms with E-state index in [2.05, 4.69) is 10.3 Å². The lowest BCUT2D eigenvalue weighted by atomic mass is 10.3. The van der Waals surface area contributed by atoms with Crippen LogP contribution in [0.2, 0.25) is 0 Å². The van der Waals surface area contributed by atoms with Crippen LogP contribution in [-0.4, -0.2) is 28.2 Å². The number of carbonyl (C=O) groups excluding carboxylic acids is 1. The Morgan fingerprint density at radius 1 is 1.33 bits per heavy atom. The fourth-order valence-electron chi connectivity index (χ4n) is 1.73. The number of para-hydroxylation sites is 1. The monoisotopic (exact) mass is 355 g/mol. The molecule has 2 rings (SSSR count). The molecule has 0 atom stereocenters. The van der Waals surface area contributed by atoms with E-state index in [0.717, 1.165) is 0 Å². The molecule has 126 valence electrons. The maximum atomic E-state index is 12.5. The fraction of sp³-hybridized carbons (Fsp3) is 0.143. The largest absolute Gasteiger partial charge is 0.476 e. The number of pyridine rings is 1. The van der Waals surface area contributed by atoms with Crippen LogP contribution < -0.4 is 10.1 Å². The molecule has 0 spiro atoms. The van der Waals surface area contributed by atoms with E-state index in [9.17, 15) is 23.7 Å². The number of thioether (sulfide) groups is 1. The smallest absolute Gasteiger partial charge is 0.406 e. The summed E-state index contributed by atoms with van der Waals surface area (Å²) in [6, 6.07) is 8.79. The van der Waals surface area contributed by atoms with E-state index < -0.39 is 29.0 Å². The van der Waals surface area contributed by atoms with Crippen LogP contribution in [0.5, 0.6) is 5.75 Å². The number of amides is 1. The third kappa shape index (κ3) is 4.88. The van der Waals surface area contributed by atoms with E-state index in [-0.39, 0.29) is 16.3 Å². The number of hydrogen-bond acceptors (Lipinski definition) is 6. The molecule has 0 unspecified atom stereocenters. The molecule has 0 aliphatic rings. The first-order valence-corrected chi connectivity index (χ1v) is 7.41. The first kappa shape index (κ1) is 17.6. The number of nitrogens with one attached hydrogen (secondary N) is 1. The van der Waals surface area contributed by atoms with Crippen molar-refractivity contribution in [3.05, 3.63) is 52.7 Å². The van der Waals surface area contributed by atoms with Crippen molar-refractivity contribution in [3.8, 4) is 5.75 Å². The molecular weight excluding hydrogens is 344 g/mol. The number of ether oxygens (including phenoxy) is 1. The van der Waals surface area contributed by atoms with Gasteiger partial charge in [0.15, 0.2) is 6.61 Å².